The molecule has 1 heterocycles. The van der Waals surface area contributed by atoms with E-state index in [2.05, 4.69) is 5.32 Å². The van der Waals surface area contributed by atoms with Crippen molar-refractivity contribution in [1.82, 2.24) is 4.90 Å². The van der Waals surface area contributed by atoms with Crippen molar-refractivity contribution in [2.45, 2.75) is 13.3 Å². The van der Waals surface area contributed by atoms with Gasteiger partial charge in [0.1, 0.15) is 11.4 Å². The van der Waals surface area contributed by atoms with E-state index >= 15 is 0 Å². The van der Waals surface area contributed by atoms with Crippen LogP contribution in [0.15, 0.2) is 60.3 Å². The normalized spacial score (nSPS) is 14.2. The quantitative estimate of drug-likeness (QED) is 0.822. The highest BCUT2D eigenvalue weighted by molar-refractivity contribution is 6.36. The highest BCUT2D eigenvalue weighted by Gasteiger charge is 2.36. The van der Waals surface area contributed by atoms with Gasteiger partial charge in [-0.2, -0.15) is 0 Å². The van der Waals surface area contributed by atoms with Crippen molar-refractivity contribution in [1.29, 1.82) is 0 Å². The van der Waals surface area contributed by atoms with E-state index in [1.54, 1.807) is 12.1 Å². The summed E-state index contributed by atoms with van der Waals surface area (Å²) in [4.78, 5) is 26.1. The average Bonchev–Trinajstić information content (AvgIpc) is 2.85. The van der Waals surface area contributed by atoms with Crippen LogP contribution in [-0.4, -0.2) is 30.4 Å². The maximum Gasteiger partial charge on any atom is 0.277 e. The zero-order valence-corrected chi connectivity index (χ0v) is 14.3. The average molecular weight is 336 g/mol. The number of amides is 2. The molecule has 0 bridgehead atoms. The van der Waals surface area contributed by atoms with Crippen molar-refractivity contribution in [3.8, 4) is 5.75 Å². The van der Waals surface area contributed by atoms with Crippen molar-refractivity contribution in [3.05, 3.63) is 65.9 Å². The summed E-state index contributed by atoms with van der Waals surface area (Å²) in [6.45, 7) is 2.68. The van der Waals surface area contributed by atoms with E-state index in [4.69, 9.17) is 4.74 Å². The van der Waals surface area contributed by atoms with Crippen LogP contribution in [0.5, 0.6) is 5.75 Å². The van der Waals surface area contributed by atoms with Gasteiger partial charge in [-0.05, 0) is 36.2 Å². The van der Waals surface area contributed by atoms with E-state index < -0.39 is 0 Å². The van der Waals surface area contributed by atoms with Crippen molar-refractivity contribution < 1.29 is 14.3 Å². The lowest BCUT2D eigenvalue weighted by Gasteiger charge is -2.09. The molecule has 128 valence electrons. The van der Waals surface area contributed by atoms with Gasteiger partial charge in [0.15, 0.2) is 0 Å². The van der Waals surface area contributed by atoms with Crippen molar-refractivity contribution in [3.63, 3.8) is 0 Å². The number of hydrogen-bond acceptors (Lipinski definition) is 4. The fraction of sp³-hybridized carbons (Fsp3) is 0.200. The van der Waals surface area contributed by atoms with Crippen LogP contribution in [0.25, 0.3) is 5.57 Å². The molecule has 1 aliphatic rings. The molecule has 2 aromatic carbocycles. The van der Waals surface area contributed by atoms with Crippen LogP contribution in [0.2, 0.25) is 0 Å². The predicted octanol–water partition coefficient (Wildman–Crippen LogP) is 3.30. The number of hydrogen-bond donors (Lipinski definition) is 1. The second kappa shape index (κ2) is 7.21. The van der Waals surface area contributed by atoms with E-state index in [1.807, 2.05) is 49.4 Å². The third-order valence-corrected chi connectivity index (χ3v) is 3.95. The molecule has 2 amide bonds. The highest BCUT2D eigenvalue weighted by atomic mass is 16.5. The first-order chi connectivity index (χ1) is 12.1. The molecule has 5 heteroatoms. The molecule has 1 aliphatic heterocycles. The SMILES string of the molecule is CCCOc1ccc(C2=C(Nc3ccccc3)C(=O)N(C)C2=O)cc1. The molecule has 0 aromatic heterocycles. The highest BCUT2D eigenvalue weighted by Crippen LogP contribution is 2.30. The molecule has 0 saturated heterocycles. The summed E-state index contributed by atoms with van der Waals surface area (Å²) in [6, 6.07) is 16.6. The largest absolute Gasteiger partial charge is 0.494 e. The van der Waals surface area contributed by atoms with E-state index in [1.165, 1.54) is 7.05 Å². The first-order valence-electron chi connectivity index (χ1n) is 8.23. The van der Waals surface area contributed by atoms with E-state index in [9.17, 15) is 9.59 Å². The van der Waals surface area contributed by atoms with Crippen molar-refractivity contribution in [2.75, 3.05) is 19.0 Å². The molecule has 25 heavy (non-hydrogen) atoms. The Hall–Kier alpha value is -3.08. The van der Waals surface area contributed by atoms with E-state index in [-0.39, 0.29) is 11.8 Å². The van der Waals surface area contributed by atoms with Crippen LogP contribution >= 0.6 is 0 Å². The Morgan fingerprint density at radius 1 is 0.960 bits per heavy atom. The third kappa shape index (κ3) is 3.40. The summed E-state index contributed by atoms with van der Waals surface area (Å²) in [5, 5.41) is 3.09. The van der Waals surface area contributed by atoms with E-state index in [0.717, 1.165) is 22.8 Å². The first kappa shape index (κ1) is 16.8. The van der Waals surface area contributed by atoms with E-state index in [0.29, 0.717) is 23.4 Å². The number of nitrogens with zero attached hydrogens (tertiary/aromatic N) is 1. The summed E-state index contributed by atoms with van der Waals surface area (Å²) < 4.78 is 5.57. The molecule has 0 radical (unpaired) electrons. The maximum atomic E-state index is 12.5. The number of imide groups is 1. The van der Waals surface area contributed by atoms with Gasteiger partial charge in [0.2, 0.25) is 0 Å². The summed E-state index contributed by atoms with van der Waals surface area (Å²) in [5.74, 6) is 0.0923. The second-order valence-corrected chi connectivity index (χ2v) is 5.78. The fourth-order valence-corrected chi connectivity index (χ4v) is 2.63. The second-order valence-electron chi connectivity index (χ2n) is 5.78. The molecule has 0 saturated carbocycles. The molecular formula is C20H20N2O3. The van der Waals surface area contributed by atoms with Gasteiger partial charge in [-0.25, -0.2) is 0 Å². The van der Waals surface area contributed by atoms with Gasteiger partial charge in [-0.3, -0.25) is 14.5 Å². The monoisotopic (exact) mass is 336 g/mol. The minimum absolute atomic E-state index is 0.293. The minimum atomic E-state index is -0.338. The Kier molecular flexibility index (Phi) is 4.84. The predicted molar refractivity (Wildman–Crippen MR) is 97.0 cm³/mol. The Bertz CT molecular complexity index is 811. The molecule has 0 spiro atoms. The molecule has 3 rings (SSSR count). The van der Waals surface area contributed by atoms with Gasteiger partial charge in [-0.1, -0.05) is 37.3 Å². The lowest BCUT2D eigenvalue weighted by molar-refractivity contribution is -0.135. The number of rotatable bonds is 6. The van der Waals surface area contributed by atoms with Gasteiger partial charge in [0.05, 0.1) is 12.2 Å². The van der Waals surface area contributed by atoms with Crippen LogP contribution in [0.1, 0.15) is 18.9 Å². The molecule has 0 atom stereocenters. The number of carbonyl (C=O) groups excluding carboxylic acids is 2. The lowest BCUT2D eigenvalue weighted by atomic mass is 10.0. The van der Waals surface area contributed by atoms with Gasteiger partial charge >= 0.3 is 0 Å². The molecule has 0 unspecified atom stereocenters. The summed E-state index contributed by atoms with van der Waals surface area (Å²) in [5.41, 5.74) is 2.11. The summed E-state index contributed by atoms with van der Waals surface area (Å²) in [6.07, 6.45) is 0.926. The van der Waals surface area contributed by atoms with Crippen molar-refractivity contribution >= 4 is 23.1 Å². The topological polar surface area (TPSA) is 58.6 Å². The number of ether oxygens (including phenoxy) is 1. The number of nitrogens with one attached hydrogen (secondary N) is 1. The Balaban J connectivity index is 1.96. The number of anilines is 1. The summed E-state index contributed by atoms with van der Waals surface area (Å²) in [7, 11) is 1.49. The third-order valence-electron chi connectivity index (χ3n) is 3.95. The van der Waals surface area contributed by atoms with Gasteiger partial charge in [-0.15, -0.1) is 0 Å². The summed E-state index contributed by atoms with van der Waals surface area (Å²) >= 11 is 0. The Labute approximate surface area is 146 Å². The van der Waals surface area contributed by atoms with Crippen LogP contribution < -0.4 is 10.1 Å². The van der Waals surface area contributed by atoms with Crippen LogP contribution in [0.3, 0.4) is 0 Å². The zero-order valence-electron chi connectivity index (χ0n) is 14.3. The lowest BCUT2D eigenvalue weighted by Crippen LogP contribution is -2.27. The minimum Gasteiger partial charge on any atom is -0.494 e. The van der Waals surface area contributed by atoms with Gasteiger partial charge < -0.3 is 10.1 Å². The van der Waals surface area contributed by atoms with Crippen LogP contribution in [-0.2, 0) is 9.59 Å². The molecule has 2 aromatic rings. The van der Waals surface area contributed by atoms with Crippen LogP contribution in [0, 0.1) is 0 Å². The van der Waals surface area contributed by atoms with Crippen molar-refractivity contribution in [2.24, 2.45) is 0 Å². The standard InChI is InChI=1S/C20H20N2O3/c1-3-13-25-16-11-9-14(10-12-16)17-18(20(24)22(2)19(17)23)21-15-7-5-4-6-8-15/h4-12,21H,3,13H2,1-2H3. The fourth-order valence-electron chi connectivity index (χ4n) is 2.63. The molecule has 0 aliphatic carbocycles. The first-order valence-corrected chi connectivity index (χ1v) is 8.23. The number of carbonyl (C=O) groups is 2. The number of benzene rings is 2. The smallest absolute Gasteiger partial charge is 0.277 e. The molecule has 1 N–H and O–H groups in total. The zero-order chi connectivity index (χ0) is 17.8. The van der Waals surface area contributed by atoms with Crippen LogP contribution in [0.4, 0.5) is 5.69 Å². The van der Waals surface area contributed by atoms with Gasteiger partial charge in [0, 0.05) is 12.7 Å². The number of para-hydroxylation sites is 1. The van der Waals surface area contributed by atoms with Gasteiger partial charge in [0.25, 0.3) is 11.8 Å². The number of likely N-dealkylation sites (N-methyl/N-ethyl adjacent to an activating group) is 1. The molecule has 0 fully saturated rings. The Morgan fingerprint density at radius 2 is 1.64 bits per heavy atom. The molecule has 5 nitrogen and oxygen atoms in total. The molecular weight excluding hydrogens is 316 g/mol. The maximum absolute atomic E-state index is 12.5. The Morgan fingerprint density at radius 3 is 2.28 bits per heavy atom.